The molecule has 0 aromatic carbocycles. The van der Waals surface area contributed by atoms with Gasteiger partial charge in [0.05, 0.1) is 0 Å². The fourth-order valence-electron chi connectivity index (χ4n) is 1.13. The summed E-state index contributed by atoms with van der Waals surface area (Å²) in [6.45, 7) is 1.03. The first-order valence-corrected chi connectivity index (χ1v) is 5.51. The van der Waals surface area contributed by atoms with Crippen LogP contribution in [-0.4, -0.2) is 18.6 Å². The molecule has 0 amide bonds. The summed E-state index contributed by atoms with van der Waals surface area (Å²) < 4.78 is 1.04. The van der Waals surface area contributed by atoms with Crippen LogP contribution in [0.3, 0.4) is 0 Å². The number of nitrogens with one attached hydrogen (secondary N) is 1. The van der Waals surface area contributed by atoms with Crippen LogP contribution in [0.5, 0.6) is 0 Å². The van der Waals surface area contributed by atoms with Gasteiger partial charge in [-0.1, -0.05) is 12.2 Å². The van der Waals surface area contributed by atoms with Crippen LogP contribution < -0.4 is 5.32 Å². The second-order valence-electron chi connectivity index (χ2n) is 3.08. The normalized spacial score (nSPS) is 11.0. The summed E-state index contributed by atoms with van der Waals surface area (Å²) in [6, 6.07) is 2.09. The molecule has 0 saturated carbocycles. The Kier molecular flexibility index (Phi) is 5.49. The number of aromatic nitrogens is 1. The lowest BCUT2D eigenvalue weighted by Crippen LogP contribution is -2.05. The Morgan fingerprint density at radius 3 is 3.00 bits per heavy atom. The van der Waals surface area contributed by atoms with Crippen molar-refractivity contribution in [2.75, 3.05) is 13.6 Å². The van der Waals surface area contributed by atoms with Gasteiger partial charge in [0.2, 0.25) is 0 Å². The molecule has 0 bridgehead atoms. The summed E-state index contributed by atoms with van der Waals surface area (Å²) in [7, 11) is 1.96. The van der Waals surface area contributed by atoms with E-state index in [1.165, 1.54) is 5.56 Å². The number of nitrogens with zero attached hydrogens (tertiary/aromatic N) is 1. The molecule has 1 rings (SSSR count). The lowest BCUT2D eigenvalue weighted by Gasteiger charge is -1.96. The maximum Gasteiger partial charge on any atom is 0.0410 e. The number of halogens is 1. The number of hydrogen-bond acceptors (Lipinski definition) is 2. The van der Waals surface area contributed by atoms with Crippen molar-refractivity contribution in [3.63, 3.8) is 0 Å². The molecule has 0 fully saturated rings. The Labute approximate surface area is 93.6 Å². The van der Waals surface area contributed by atoms with E-state index in [0.29, 0.717) is 0 Å². The predicted octanol–water partition coefficient (Wildman–Crippen LogP) is 2.55. The van der Waals surface area contributed by atoms with E-state index < -0.39 is 0 Å². The minimum Gasteiger partial charge on any atom is -0.319 e. The van der Waals surface area contributed by atoms with Crippen molar-refractivity contribution in [3.05, 3.63) is 40.6 Å². The smallest absolute Gasteiger partial charge is 0.0410 e. The van der Waals surface area contributed by atoms with Gasteiger partial charge in [-0.3, -0.25) is 4.98 Å². The van der Waals surface area contributed by atoms with E-state index in [1.807, 2.05) is 13.2 Å². The van der Waals surface area contributed by atoms with Crippen LogP contribution in [0.2, 0.25) is 0 Å². The fraction of sp³-hybridized carbons (Fsp3) is 0.364. The Morgan fingerprint density at radius 2 is 2.29 bits per heavy atom. The maximum absolute atomic E-state index is 4.11. The van der Waals surface area contributed by atoms with Crippen molar-refractivity contribution in [1.82, 2.24) is 10.3 Å². The second-order valence-corrected chi connectivity index (χ2v) is 3.99. The Morgan fingerprint density at radius 1 is 1.43 bits per heavy atom. The Hall–Kier alpha value is -0.670. The molecule has 0 unspecified atom stereocenters. The van der Waals surface area contributed by atoms with Crippen molar-refractivity contribution in [2.24, 2.45) is 0 Å². The third-order valence-electron chi connectivity index (χ3n) is 1.84. The van der Waals surface area contributed by atoms with Gasteiger partial charge in [-0.05, 0) is 54.0 Å². The van der Waals surface area contributed by atoms with E-state index in [-0.39, 0.29) is 0 Å². The highest BCUT2D eigenvalue weighted by Crippen LogP contribution is 2.10. The predicted molar refractivity (Wildman–Crippen MR) is 63.3 cm³/mol. The minimum absolute atomic E-state index is 0.955. The van der Waals surface area contributed by atoms with Crippen LogP contribution in [0.15, 0.2) is 35.1 Å². The highest BCUT2D eigenvalue weighted by molar-refractivity contribution is 9.10. The molecule has 0 radical (unpaired) electrons. The molecule has 14 heavy (non-hydrogen) atoms. The zero-order chi connectivity index (χ0) is 10.2. The number of rotatable bonds is 5. The second kappa shape index (κ2) is 6.74. The summed E-state index contributed by atoms with van der Waals surface area (Å²) in [5.74, 6) is 0. The number of pyridine rings is 1. The molecule has 1 aromatic heterocycles. The average molecular weight is 255 g/mol. The first kappa shape index (κ1) is 11.4. The monoisotopic (exact) mass is 254 g/mol. The van der Waals surface area contributed by atoms with Gasteiger partial charge in [-0.2, -0.15) is 0 Å². The highest BCUT2D eigenvalue weighted by Gasteiger charge is 1.91. The van der Waals surface area contributed by atoms with Gasteiger partial charge in [0.25, 0.3) is 0 Å². The summed E-state index contributed by atoms with van der Waals surface area (Å²) in [5, 5.41) is 3.10. The van der Waals surface area contributed by atoms with Crippen LogP contribution in [0.4, 0.5) is 0 Å². The largest absolute Gasteiger partial charge is 0.319 e. The Bertz CT molecular complexity index is 297. The van der Waals surface area contributed by atoms with Crippen LogP contribution >= 0.6 is 15.9 Å². The summed E-state index contributed by atoms with van der Waals surface area (Å²) >= 11 is 3.40. The van der Waals surface area contributed by atoms with Gasteiger partial charge < -0.3 is 5.32 Å². The zero-order valence-electron chi connectivity index (χ0n) is 8.33. The number of allylic oxidation sites excluding steroid dienone is 1. The molecule has 0 aliphatic heterocycles. The lowest BCUT2D eigenvalue weighted by molar-refractivity contribution is 0.806. The van der Waals surface area contributed by atoms with E-state index in [0.717, 1.165) is 23.9 Å². The van der Waals surface area contributed by atoms with Gasteiger partial charge >= 0.3 is 0 Å². The number of hydrogen-bond donors (Lipinski definition) is 1. The summed E-state index contributed by atoms with van der Waals surface area (Å²) in [5.41, 5.74) is 1.24. The van der Waals surface area contributed by atoms with Gasteiger partial charge in [0.15, 0.2) is 0 Å². The van der Waals surface area contributed by atoms with Crippen LogP contribution in [0.25, 0.3) is 0 Å². The topological polar surface area (TPSA) is 24.9 Å². The van der Waals surface area contributed by atoms with Crippen molar-refractivity contribution in [1.29, 1.82) is 0 Å². The molecule has 3 heteroatoms. The van der Waals surface area contributed by atoms with E-state index >= 15 is 0 Å². The molecule has 0 atom stereocenters. The fourth-order valence-corrected chi connectivity index (χ4v) is 1.54. The molecule has 1 heterocycles. The Balaban J connectivity index is 2.34. The molecule has 2 nitrogen and oxygen atoms in total. The molecule has 76 valence electrons. The van der Waals surface area contributed by atoms with E-state index in [9.17, 15) is 0 Å². The average Bonchev–Trinajstić information content (AvgIpc) is 2.18. The van der Waals surface area contributed by atoms with Gasteiger partial charge in [0.1, 0.15) is 0 Å². The van der Waals surface area contributed by atoms with Gasteiger partial charge in [-0.25, -0.2) is 0 Å². The van der Waals surface area contributed by atoms with E-state index in [2.05, 4.69) is 44.4 Å². The van der Waals surface area contributed by atoms with E-state index in [1.54, 1.807) is 6.20 Å². The first-order valence-electron chi connectivity index (χ1n) is 4.72. The summed E-state index contributed by atoms with van der Waals surface area (Å²) in [6.07, 6.45) is 10.1. The molecule has 0 aliphatic rings. The first-order chi connectivity index (χ1) is 6.83. The van der Waals surface area contributed by atoms with E-state index in [4.69, 9.17) is 0 Å². The third kappa shape index (κ3) is 4.53. The minimum atomic E-state index is 0.955. The molecule has 1 N–H and O–H groups in total. The van der Waals surface area contributed by atoms with Crippen LogP contribution in [-0.2, 0) is 6.42 Å². The molecule has 0 saturated heterocycles. The SMILES string of the molecule is CNCC/C=C/Cc1cncc(Br)c1. The van der Waals surface area contributed by atoms with Crippen LogP contribution in [0, 0.1) is 0 Å². The molecule has 0 aliphatic carbocycles. The van der Waals surface area contributed by atoms with Crippen molar-refractivity contribution < 1.29 is 0 Å². The molecular weight excluding hydrogens is 240 g/mol. The molecular formula is C11H15BrN2. The third-order valence-corrected chi connectivity index (χ3v) is 2.28. The van der Waals surface area contributed by atoms with Crippen molar-refractivity contribution in [3.8, 4) is 0 Å². The molecule has 0 spiro atoms. The maximum atomic E-state index is 4.11. The van der Waals surface area contributed by atoms with Gasteiger partial charge in [0, 0.05) is 16.9 Å². The highest BCUT2D eigenvalue weighted by atomic mass is 79.9. The lowest BCUT2D eigenvalue weighted by atomic mass is 10.2. The quantitative estimate of drug-likeness (QED) is 0.646. The van der Waals surface area contributed by atoms with Crippen molar-refractivity contribution >= 4 is 15.9 Å². The van der Waals surface area contributed by atoms with Crippen molar-refractivity contribution in [2.45, 2.75) is 12.8 Å². The standard InChI is InChI=1S/C11H15BrN2/c1-13-6-4-2-3-5-10-7-11(12)9-14-8-10/h2-3,7-9,13H,4-6H2,1H3/b3-2+. The molecule has 1 aromatic rings. The zero-order valence-corrected chi connectivity index (χ0v) is 9.92. The van der Waals surface area contributed by atoms with Crippen LogP contribution in [0.1, 0.15) is 12.0 Å². The van der Waals surface area contributed by atoms with Gasteiger partial charge in [-0.15, -0.1) is 0 Å². The summed E-state index contributed by atoms with van der Waals surface area (Å²) in [4.78, 5) is 4.11.